The van der Waals surface area contributed by atoms with Gasteiger partial charge in [-0.2, -0.15) is 4.98 Å². The first-order valence-corrected chi connectivity index (χ1v) is 7.40. The first kappa shape index (κ1) is 15.1. The minimum atomic E-state index is -0.587. The Morgan fingerprint density at radius 2 is 2.00 bits per heavy atom. The number of hydrogen-bond acceptors (Lipinski definition) is 5. The van der Waals surface area contributed by atoms with Crippen molar-refractivity contribution in [1.29, 1.82) is 0 Å². The van der Waals surface area contributed by atoms with E-state index in [1.807, 2.05) is 12.1 Å². The van der Waals surface area contributed by atoms with Crippen LogP contribution in [0.25, 0.3) is 11.1 Å². The Kier molecular flexibility index (Phi) is 4.25. The van der Waals surface area contributed by atoms with Crippen LogP contribution in [0, 0.1) is 0 Å². The summed E-state index contributed by atoms with van der Waals surface area (Å²) in [4.78, 5) is 15.7. The molecule has 0 aliphatic heterocycles. The van der Waals surface area contributed by atoms with E-state index in [9.17, 15) is 4.79 Å². The SMILES string of the molecule is CCCc1ccc(Nc2nc3cc(C(=O)NO)ccc3o2)cc1. The van der Waals surface area contributed by atoms with E-state index < -0.39 is 5.91 Å². The second-order valence-electron chi connectivity index (χ2n) is 5.21. The van der Waals surface area contributed by atoms with Crippen LogP contribution in [0.1, 0.15) is 29.3 Å². The van der Waals surface area contributed by atoms with Gasteiger partial charge >= 0.3 is 0 Å². The molecular formula is C17H17N3O3. The topological polar surface area (TPSA) is 87.4 Å². The Bertz CT molecular complexity index is 825. The number of fused-ring (bicyclic) bond motifs is 1. The number of hydrogen-bond donors (Lipinski definition) is 3. The molecule has 6 nitrogen and oxygen atoms in total. The summed E-state index contributed by atoms with van der Waals surface area (Å²) in [5, 5.41) is 11.8. The first-order valence-electron chi connectivity index (χ1n) is 7.40. The summed E-state index contributed by atoms with van der Waals surface area (Å²) in [6.07, 6.45) is 2.17. The molecule has 0 fully saturated rings. The van der Waals surface area contributed by atoms with Crippen molar-refractivity contribution >= 4 is 28.7 Å². The van der Waals surface area contributed by atoms with Gasteiger partial charge < -0.3 is 9.73 Å². The molecule has 0 aliphatic rings. The number of nitrogens with one attached hydrogen (secondary N) is 2. The Balaban J connectivity index is 1.81. The minimum Gasteiger partial charge on any atom is -0.423 e. The Hall–Kier alpha value is -2.86. The highest BCUT2D eigenvalue weighted by atomic mass is 16.5. The van der Waals surface area contributed by atoms with Gasteiger partial charge in [0.2, 0.25) is 0 Å². The number of amides is 1. The van der Waals surface area contributed by atoms with Crippen LogP contribution in [0.5, 0.6) is 0 Å². The standard InChI is InChI=1S/C17H17N3O3/c1-2-3-11-4-7-13(8-5-11)18-17-19-14-10-12(16(21)20-22)6-9-15(14)23-17/h4-10,22H,2-3H2,1H3,(H,18,19)(H,20,21). The van der Waals surface area contributed by atoms with Crippen molar-refractivity contribution in [3.8, 4) is 0 Å². The van der Waals surface area contributed by atoms with Crippen LogP contribution in [0.4, 0.5) is 11.7 Å². The van der Waals surface area contributed by atoms with Crippen LogP contribution in [0.15, 0.2) is 46.9 Å². The number of aromatic nitrogens is 1. The largest absolute Gasteiger partial charge is 0.423 e. The molecule has 1 aromatic heterocycles. The number of aryl methyl sites for hydroxylation is 1. The highest BCUT2D eigenvalue weighted by molar-refractivity contribution is 5.96. The molecule has 1 heterocycles. The van der Waals surface area contributed by atoms with Gasteiger partial charge in [0.25, 0.3) is 11.9 Å². The lowest BCUT2D eigenvalue weighted by molar-refractivity contribution is 0.0706. The van der Waals surface area contributed by atoms with E-state index in [0.29, 0.717) is 22.7 Å². The highest BCUT2D eigenvalue weighted by Gasteiger charge is 2.10. The van der Waals surface area contributed by atoms with E-state index in [-0.39, 0.29) is 0 Å². The van der Waals surface area contributed by atoms with E-state index in [4.69, 9.17) is 9.62 Å². The van der Waals surface area contributed by atoms with Crippen molar-refractivity contribution in [3.63, 3.8) is 0 Å². The zero-order valence-electron chi connectivity index (χ0n) is 12.7. The average Bonchev–Trinajstić information content (AvgIpc) is 2.97. The molecule has 0 radical (unpaired) electrons. The quantitative estimate of drug-likeness (QED) is 0.494. The van der Waals surface area contributed by atoms with Gasteiger partial charge in [-0.15, -0.1) is 0 Å². The van der Waals surface area contributed by atoms with Crippen LogP contribution in [-0.4, -0.2) is 16.1 Å². The summed E-state index contributed by atoms with van der Waals surface area (Å²) in [5.41, 5.74) is 5.17. The molecule has 3 aromatic rings. The van der Waals surface area contributed by atoms with Crippen LogP contribution < -0.4 is 10.8 Å². The fraction of sp³-hybridized carbons (Fsp3) is 0.176. The number of carbonyl (C=O) groups is 1. The molecule has 3 rings (SSSR count). The number of oxazole rings is 1. The Morgan fingerprint density at radius 3 is 2.70 bits per heavy atom. The molecule has 0 unspecified atom stereocenters. The van der Waals surface area contributed by atoms with Gasteiger partial charge in [-0.05, 0) is 42.3 Å². The van der Waals surface area contributed by atoms with Crippen molar-refractivity contribution < 1.29 is 14.4 Å². The van der Waals surface area contributed by atoms with Gasteiger partial charge in [0.1, 0.15) is 5.52 Å². The van der Waals surface area contributed by atoms with Gasteiger partial charge in [0, 0.05) is 11.3 Å². The smallest absolute Gasteiger partial charge is 0.300 e. The van der Waals surface area contributed by atoms with Crippen molar-refractivity contribution in [2.75, 3.05) is 5.32 Å². The third-order valence-corrected chi connectivity index (χ3v) is 3.50. The van der Waals surface area contributed by atoms with Gasteiger partial charge in [-0.3, -0.25) is 10.0 Å². The second-order valence-corrected chi connectivity index (χ2v) is 5.21. The van der Waals surface area contributed by atoms with E-state index in [2.05, 4.69) is 29.4 Å². The van der Waals surface area contributed by atoms with Crippen molar-refractivity contribution in [1.82, 2.24) is 10.5 Å². The molecule has 23 heavy (non-hydrogen) atoms. The summed E-state index contributed by atoms with van der Waals surface area (Å²) in [6.45, 7) is 2.15. The van der Waals surface area contributed by atoms with E-state index >= 15 is 0 Å². The number of carbonyl (C=O) groups excluding carboxylic acids is 1. The van der Waals surface area contributed by atoms with Crippen molar-refractivity contribution in [3.05, 3.63) is 53.6 Å². The summed E-state index contributed by atoms with van der Waals surface area (Å²) >= 11 is 0. The highest BCUT2D eigenvalue weighted by Crippen LogP contribution is 2.23. The van der Waals surface area contributed by atoms with Crippen LogP contribution in [0.3, 0.4) is 0 Å². The van der Waals surface area contributed by atoms with Gasteiger partial charge in [0.15, 0.2) is 5.58 Å². The normalized spacial score (nSPS) is 10.7. The summed E-state index contributed by atoms with van der Waals surface area (Å²) in [6, 6.07) is 13.2. The van der Waals surface area contributed by atoms with E-state index in [0.717, 1.165) is 18.5 Å². The number of benzene rings is 2. The van der Waals surface area contributed by atoms with Gasteiger partial charge in [-0.25, -0.2) is 5.48 Å². The maximum Gasteiger partial charge on any atom is 0.300 e. The first-order chi connectivity index (χ1) is 11.2. The average molecular weight is 311 g/mol. The predicted molar refractivity (Wildman–Crippen MR) is 87.0 cm³/mol. The minimum absolute atomic E-state index is 0.309. The maximum absolute atomic E-state index is 11.4. The Morgan fingerprint density at radius 1 is 1.22 bits per heavy atom. The number of rotatable bonds is 5. The molecule has 0 bridgehead atoms. The fourth-order valence-electron chi connectivity index (χ4n) is 2.35. The molecule has 3 N–H and O–H groups in total. The fourth-order valence-corrected chi connectivity index (χ4v) is 2.35. The molecule has 6 heteroatoms. The van der Waals surface area contributed by atoms with Crippen LogP contribution in [-0.2, 0) is 6.42 Å². The Labute approximate surface area is 133 Å². The summed E-state index contributed by atoms with van der Waals surface area (Å²) in [7, 11) is 0. The van der Waals surface area contributed by atoms with Gasteiger partial charge in [-0.1, -0.05) is 25.5 Å². The zero-order valence-corrected chi connectivity index (χ0v) is 12.7. The van der Waals surface area contributed by atoms with Gasteiger partial charge in [0.05, 0.1) is 0 Å². The zero-order chi connectivity index (χ0) is 16.2. The molecule has 0 saturated carbocycles. The molecule has 118 valence electrons. The lowest BCUT2D eigenvalue weighted by Gasteiger charge is -2.03. The molecule has 2 aromatic carbocycles. The summed E-state index contributed by atoms with van der Waals surface area (Å²) < 4.78 is 5.60. The predicted octanol–water partition coefficient (Wildman–Crippen LogP) is 3.64. The van der Waals surface area contributed by atoms with Crippen LogP contribution >= 0.6 is 0 Å². The third kappa shape index (κ3) is 3.32. The molecular weight excluding hydrogens is 294 g/mol. The van der Waals surface area contributed by atoms with Crippen molar-refractivity contribution in [2.24, 2.45) is 0 Å². The maximum atomic E-state index is 11.4. The number of anilines is 2. The molecule has 0 atom stereocenters. The number of nitrogens with zero attached hydrogens (tertiary/aromatic N) is 1. The lowest BCUT2D eigenvalue weighted by Crippen LogP contribution is -2.18. The third-order valence-electron chi connectivity index (χ3n) is 3.50. The molecule has 0 aliphatic carbocycles. The lowest BCUT2D eigenvalue weighted by atomic mass is 10.1. The number of hydroxylamine groups is 1. The molecule has 1 amide bonds. The van der Waals surface area contributed by atoms with E-state index in [1.165, 1.54) is 5.56 Å². The molecule has 0 spiro atoms. The monoisotopic (exact) mass is 311 g/mol. The van der Waals surface area contributed by atoms with E-state index in [1.54, 1.807) is 23.7 Å². The van der Waals surface area contributed by atoms with Crippen LogP contribution in [0.2, 0.25) is 0 Å². The van der Waals surface area contributed by atoms with Crippen molar-refractivity contribution in [2.45, 2.75) is 19.8 Å². The second kappa shape index (κ2) is 6.50. The molecule has 0 saturated heterocycles. The summed E-state index contributed by atoms with van der Waals surface area (Å²) in [5.74, 6) is -0.587.